The summed E-state index contributed by atoms with van der Waals surface area (Å²) in [6.07, 6.45) is 0.892. The molecule has 4 heteroatoms. The van der Waals surface area contributed by atoms with E-state index in [9.17, 15) is 9.18 Å². The third-order valence-electron chi connectivity index (χ3n) is 3.40. The summed E-state index contributed by atoms with van der Waals surface area (Å²) in [5.41, 5.74) is 7.52. The maximum Gasteiger partial charge on any atom is 0.221 e. The second-order valence-corrected chi connectivity index (χ2v) is 4.93. The van der Waals surface area contributed by atoms with Crippen LogP contribution in [0, 0.1) is 5.82 Å². The number of nitrogens with one attached hydrogen (secondary N) is 1. The van der Waals surface area contributed by atoms with Gasteiger partial charge in [-0.3, -0.25) is 4.79 Å². The molecule has 0 saturated carbocycles. The topological polar surface area (TPSA) is 55.1 Å². The smallest absolute Gasteiger partial charge is 0.221 e. The van der Waals surface area contributed by atoms with Crippen LogP contribution in [0.2, 0.25) is 0 Å². The Hall–Kier alpha value is -2.36. The van der Waals surface area contributed by atoms with E-state index in [1.54, 1.807) is 12.1 Å². The van der Waals surface area contributed by atoms with Gasteiger partial charge in [0, 0.05) is 11.3 Å². The summed E-state index contributed by atoms with van der Waals surface area (Å²) in [6.45, 7) is 1.99. The van der Waals surface area contributed by atoms with Crippen molar-refractivity contribution in [3.8, 4) is 0 Å². The Bertz CT molecular complexity index is 628. The minimum absolute atomic E-state index is 0.153. The van der Waals surface area contributed by atoms with Crippen molar-refractivity contribution in [1.29, 1.82) is 0 Å². The lowest BCUT2D eigenvalue weighted by atomic mass is 10.0. The summed E-state index contributed by atoms with van der Waals surface area (Å²) in [5, 5.41) is 3.31. The molecule has 0 radical (unpaired) electrons. The van der Waals surface area contributed by atoms with E-state index in [0.29, 0.717) is 5.56 Å². The van der Waals surface area contributed by atoms with Crippen LogP contribution in [0.4, 0.5) is 10.1 Å². The van der Waals surface area contributed by atoms with E-state index in [0.717, 1.165) is 17.7 Å². The number of primary amides is 1. The van der Waals surface area contributed by atoms with Crippen LogP contribution in [0.15, 0.2) is 48.5 Å². The first kappa shape index (κ1) is 15.0. The molecule has 0 saturated heterocycles. The lowest BCUT2D eigenvalue weighted by Crippen LogP contribution is -2.17. The maximum atomic E-state index is 13.9. The molecule has 21 heavy (non-hydrogen) atoms. The first-order valence-corrected chi connectivity index (χ1v) is 6.99. The van der Waals surface area contributed by atoms with Crippen molar-refractivity contribution in [2.75, 3.05) is 5.32 Å². The molecule has 2 aromatic carbocycles. The van der Waals surface area contributed by atoms with Crippen molar-refractivity contribution < 1.29 is 9.18 Å². The first-order chi connectivity index (χ1) is 10.1. The molecule has 1 unspecified atom stereocenters. The molecule has 0 bridgehead atoms. The van der Waals surface area contributed by atoms with Crippen LogP contribution in [0.3, 0.4) is 0 Å². The van der Waals surface area contributed by atoms with Gasteiger partial charge in [-0.15, -0.1) is 0 Å². The molecule has 2 rings (SSSR count). The molecular weight excluding hydrogens is 267 g/mol. The standard InChI is InChI=1S/C17H19FN2O/c1-2-15(13-8-4-5-9-14(13)18)20-16-10-6-3-7-12(16)11-17(19)21/h3-10,15,20H,2,11H2,1H3,(H2,19,21). The highest BCUT2D eigenvalue weighted by Crippen LogP contribution is 2.26. The molecule has 1 atom stereocenters. The molecular formula is C17H19FN2O. The van der Waals surface area contributed by atoms with Crippen LogP contribution < -0.4 is 11.1 Å². The molecule has 2 aromatic rings. The number of anilines is 1. The van der Waals surface area contributed by atoms with Crippen molar-refractivity contribution >= 4 is 11.6 Å². The number of halogens is 1. The second kappa shape index (κ2) is 6.88. The number of carbonyl (C=O) groups is 1. The van der Waals surface area contributed by atoms with Gasteiger partial charge in [-0.25, -0.2) is 4.39 Å². The van der Waals surface area contributed by atoms with Crippen LogP contribution in [0.5, 0.6) is 0 Å². The maximum absolute atomic E-state index is 13.9. The van der Waals surface area contributed by atoms with Gasteiger partial charge in [0.1, 0.15) is 5.82 Å². The molecule has 0 aliphatic heterocycles. The number of nitrogens with two attached hydrogens (primary N) is 1. The molecule has 3 nitrogen and oxygen atoms in total. The number of benzene rings is 2. The van der Waals surface area contributed by atoms with Crippen LogP contribution in [0.1, 0.15) is 30.5 Å². The first-order valence-electron chi connectivity index (χ1n) is 6.99. The van der Waals surface area contributed by atoms with Crippen molar-refractivity contribution in [2.45, 2.75) is 25.8 Å². The Morgan fingerprint density at radius 2 is 1.86 bits per heavy atom. The minimum Gasteiger partial charge on any atom is -0.378 e. The van der Waals surface area contributed by atoms with Crippen LogP contribution >= 0.6 is 0 Å². The lowest BCUT2D eigenvalue weighted by molar-refractivity contribution is -0.117. The summed E-state index contributed by atoms with van der Waals surface area (Å²) >= 11 is 0. The van der Waals surface area contributed by atoms with Crippen molar-refractivity contribution in [1.82, 2.24) is 0 Å². The Morgan fingerprint density at radius 1 is 1.19 bits per heavy atom. The fourth-order valence-electron chi connectivity index (χ4n) is 2.35. The molecule has 3 N–H and O–H groups in total. The molecule has 0 fully saturated rings. The lowest BCUT2D eigenvalue weighted by Gasteiger charge is -2.21. The van der Waals surface area contributed by atoms with Crippen LogP contribution in [0.25, 0.3) is 0 Å². The zero-order chi connectivity index (χ0) is 15.2. The fraction of sp³-hybridized carbons (Fsp3) is 0.235. The molecule has 0 aliphatic rings. The Labute approximate surface area is 124 Å². The summed E-state index contributed by atoms with van der Waals surface area (Å²) in [4.78, 5) is 11.1. The van der Waals surface area contributed by atoms with Gasteiger partial charge in [0.15, 0.2) is 0 Å². The Morgan fingerprint density at radius 3 is 2.52 bits per heavy atom. The Balaban J connectivity index is 2.27. The van der Waals surface area contributed by atoms with E-state index in [4.69, 9.17) is 5.73 Å². The number of amides is 1. The monoisotopic (exact) mass is 286 g/mol. The second-order valence-electron chi connectivity index (χ2n) is 4.93. The van der Waals surface area contributed by atoms with Gasteiger partial charge >= 0.3 is 0 Å². The molecule has 0 heterocycles. The van der Waals surface area contributed by atoms with E-state index in [1.807, 2.05) is 37.3 Å². The van der Waals surface area contributed by atoms with Gasteiger partial charge < -0.3 is 11.1 Å². The zero-order valence-corrected chi connectivity index (χ0v) is 12.0. The molecule has 0 aliphatic carbocycles. The number of carbonyl (C=O) groups excluding carboxylic acids is 1. The van der Waals surface area contributed by atoms with Crippen molar-refractivity contribution in [3.63, 3.8) is 0 Å². The summed E-state index contributed by atoms with van der Waals surface area (Å²) in [5.74, 6) is -0.618. The van der Waals surface area contributed by atoms with Gasteiger partial charge in [0.25, 0.3) is 0 Å². The van der Waals surface area contributed by atoms with Crippen molar-refractivity contribution in [3.05, 3.63) is 65.5 Å². The van der Waals surface area contributed by atoms with Gasteiger partial charge in [0.2, 0.25) is 5.91 Å². The van der Waals surface area contributed by atoms with Crippen LogP contribution in [-0.2, 0) is 11.2 Å². The minimum atomic E-state index is -0.386. The normalized spacial score (nSPS) is 11.9. The van der Waals surface area contributed by atoms with Gasteiger partial charge in [-0.05, 0) is 24.1 Å². The van der Waals surface area contributed by atoms with Crippen LogP contribution in [-0.4, -0.2) is 5.91 Å². The number of para-hydroxylation sites is 1. The van der Waals surface area contributed by atoms with Gasteiger partial charge in [-0.1, -0.05) is 43.3 Å². The SMILES string of the molecule is CCC(Nc1ccccc1CC(N)=O)c1ccccc1F. The average molecular weight is 286 g/mol. The van der Waals surface area contributed by atoms with E-state index in [2.05, 4.69) is 5.32 Å². The fourth-order valence-corrected chi connectivity index (χ4v) is 2.35. The summed E-state index contributed by atoms with van der Waals surface area (Å²) < 4.78 is 13.9. The average Bonchev–Trinajstić information content (AvgIpc) is 2.47. The van der Waals surface area contributed by atoms with Crippen molar-refractivity contribution in [2.24, 2.45) is 5.73 Å². The number of hydrogen-bond donors (Lipinski definition) is 2. The Kier molecular flexibility index (Phi) is 4.93. The van der Waals surface area contributed by atoms with Gasteiger partial charge in [0.05, 0.1) is 12.5 Å². The van der Waals surface area contributed by atoms with Gasteiger partial charge in [-0.2, -0.15) is 0 Å². The van der Waals surface area contributed by atoms with E-state index >= 15 is 0 Å². The summed E-state index contributed by atoms with van der Waals surface area (Å²) in [7, 11) is 0. The third-order valence-corrected chi connectivity index (χ3v) is 3.40. The molecule has 1 amide bonds. The van der Waals surface area contributed by atoms with E-state index in [1.165, 1.54) is 6.07 Å². The highest BCUT2D eigenvalue weighted by Gasteiger charge is 2.15. The highest BCUT2D eigenvalue weighted by molar-refractivity contribution is 5.78. The highest BCUT2D eigenvalue weighted by atomic mass is 19.1. The largest absolute Gasteiger partial charge is 0.378 e. The number of hydrogen-bond acceptors (Lipinski definition) is 2. The third kappa shape index (κ3) is 3.81. The quantitative estimate of drug-likeness (QED) is 0.855. The zero-order valence-electron chi connectivity index (χ0n) is 12.0. The molecule has 110 valence electrons. The van der Waals surface area contributed by atoms with E-state index in [-0.39, 0.29) is 24.2 Å². The van der Waals surface area contributed by atoms with E-state index < -0.39 is 0 Å². The molecule has 0 aromatic heterocycles. The predicted octanol–water partition coefficient (Wildman–Crippen LogP) is 3.42. The molecule has 0 spiro atoms. The summed E-state index contributed by atoms with van der Waals surface area (Å²) in [6, 6.07) is 14.0. The predicted molar refractivity (Wildman–Crippen MR) is 82.4 cm³/mol. The number of rotatable bonds is 6.